The number of methoxy groups -OCH3 is 1. The first-order valence-electron chi connectivity index (χ1n) is 6.06. The topological polar surface area (TPSA) is 67.3 Å². The zero-order valence-electron chi connectivity index (χ0n) is 11.6. The molecule has 1 heterocycles. The monoisotopic (exact) mass is 272 g/mol. The third-order valence-electron chi connectivity index (χ3n) is 2.66. The molecule has 1 N–H and O–H groups in total. The van der Waals surface area contributed by atoms with Crippen molar-refractivity contribution in [1.29, 1.82) is 0 Å². The second kappa shape index (κ2) is 6.01. The molecule has 20 heavy (non-hydrogen) atoms. The van der Waals surface area contributed by atoms with Crippen LogP contribution in [0.2, 0.25) is 0 Å². The van der Waals surface area contributed by atoms with E-state index in [1.54, 1.807) is 43.6 Å². The molecule has 104 valence electrons. The molecule has 6 nitrogen and oxygen atoms in total. The average Bonchev–Trinajstić information content (AvgIpc) is 2.47. The molecule has 1 amide bonds. The third-order valence-corrected chi connectivity index (χ3v) is 2.66. The number of amides is 1. The third kappa shape index (κ3) is 3.23. The van der Waals surface area contributed by atoms with E-state index < -0.39 is 0 Å². The smallest absolute Gasteiger partial charge is 0.258 e. The van der Waals surface area contributed by atoms with Crippen LogP contribution in [-0.4, -0.2) is 37.1 Å². The van der Waals surface area contributed by atoms with Gasteiger partial charge in [0.05, 0.1) is 7.11 Å². The van der Waals surface area contributed by atoms with E-state index in [4.69, 9.17) is 4.74 Å². The summed E-state index contributed by atoms with van der Waals surface area (Å²) in [7, 11) is 5.30. The second-order valence-electron chi connectivity index (χ2n) is 4.32. The van der Waals surface area contributed by atoms with Gasteiger partial charge in [0.25, 0.3) is 5.91 Å². The standard InChI is InChI=1S/C14H16N4O2/c1-18(2)12-7-8-15-14(16-12)17-13(19)10-5-4-6-11(9-10)20-3/h4-9H,1-3H3,(H,15,16,17,19). The number of carbonyl (C=O) groups is 1. The molecular formula is C14H16N4O2. The van der Waals surface area contributed by atoms with Crippen LogP contribution >= 0.6 is 0 Å². The first-order valence-corrected chi connectivity index (χ1v) is 6.06. The van der Waals surface area contributed by atoms with Gasteiger partial charge in [0.15, 0.2) is 0 Å². The maximum absolute atomic E-state index is 12.1. The summed E-state index contributed by atoms with van der Waals surface area (Å²) in [4.78, 5) is 22.2. The number of benzene rings is 1. The summed E-state index contributed by atoms with van der Waals surface area (Å²) in [5.74, 6) is 1.34. The van der Waals surface area contributed by atoms with E-state index in [0.29, 0.717) is 11.3 Å². The largest absolute Gasteiger partial charge is 0.497 e. The van der Waals surface area contributed by atoms with Gasteiger partial charge in [0, 0.05) is 25.9 Å². The molecule has 0 atom stereocenters. The van der Waals surface area contributed by atoms with E-state index in [2.05, 4.69) is 15.3 Å². The molecule has 0 saturated carbocycles. The number of aromatic nitrogens is 2. The molecule has 0 fully saturated rings. The highest BCUT2D eigenvalue weighted by molar-refractivity contribution is 6.03. The zero-order valence-corrected chi connectivity index (χ0v) is 11.6. The van der Waals surface area contributed by atoms with Crippen molar-refractivity contribution in [2.75, 3.05) is 31.4 Å². The van der Waals surface area contributed by atoms with Crippen LogP contribution in [0, 0.1) is 0 Å². The summed E-state index contributed by atoms with van der Waals surface area (Å²) in [6, 6.07) is 8.66. The highest BCUT2D eigenvalue weighted by Crippen LogP contribution is 2.14. The number of rotatable bonds is 4. The van der Waals surface area contributed by atoms with Crippen molar-refractivity contribution in [2.45, 2.75) is 0 Å². The summed E-state index contributed by atoms with van der Waals surface area (Å²) in [6.07, 6.45) is 1.60. The Hall–Kier alpha value is -2.63. The number of nitrogens with one attached hydrogen (secondary N) is 1. The van der Waals surface area contributed by atoms with Crippen LogP contribution in [0.15, 0.2) is 36.5 Å². The fourth-order valence-corrected chi connectivity index (χ4v) is 1.60. The van der Waals surface area contributed by atoms with Gasteiger partial charge >= 0.3 is 0 Å². The SMILES string of the molecule is COc1cccc(C(=O)Nc2nccc(N(C)C)n2)c1. The highest BCUT2D eigenvalue weighted by atomic mass is 16.5. The molecule has 0 radical (unpaired) electrons. The lowest BCUT2D eigenvalue weighted by atomic mass is 10.2. The van der Waals surface area contributed by atoms with Gasteiger partial charge in [-0.3, -0.25) is 10.1 Å². The minimum atomic E-state index is -0.278. The number of hydrogen-bond donors (Lipinski definition) is 1. The average molecular weight is 272 g/mol. The number of anilines is 2. The molecule has 1 aromatic carbocycles. The van der Waals surface area contributed by atoms with Crippen LogP contribution in [0.4, 0.5) is 11.8 Å². The maximum atomic E-state index is 12.1. The predicted molar refractivity (Wildman–Crippen MR) is 77.3 cm³/mol. The van der Waals surface area contributed by atoms with Crippen molar-refractivity contribution in [3.8, 4) is 5.75 Å². The number of nitrogens with zero attached hydrogens (tertiary/aromatic N) is 3. The fraction of sp³-hybridized carbons (Fsp3) is 0.214. The van der Waals surface area contributed by atoms with Crippen LogP contribution in [0.1, 0.15) is 10.4 Å². The summed E-state index contributed by atoms with van der Waals surface area (Å²) >= 11 is 0. The Balaban J connectivity index is 2.16. The minimum absolute atomic E-state index is 0.268. The van der Waals surface area contributed by atoms with Gasteiger partial charge in [-0.15, -0.1) is 0 Å². The lowest BCUT2D eigenvalue weighted by molar-refractivity contribution is 0.102. The molecule has 0 aliphatic carbocycles. The number of hydrogen-bond acceptors (Lipinski definition) is 5. The molecule has 0 aliphatic heterocycles. The summed E-state index contributed by atoms with van der Waals surface area (Å²) in [5.41, 5.74) is 0.489. The van der Waals surface area contributed by atoms with Crippen molar-refractivity contribution >= 4 is 17.7 Å². The molecule has 0 saturated heterocycles. The van der Waals surface area contributed by atoms with Gasteiger partial charge in [-0.1, -0.05) is 6.07 Å². The van der Waals surface area contributed by atoms with Crippen LogP contribution in [0.5, 0.6) is 5.75 Å². The quantitative estimate of drug-likeness (QED) is 0.919. The lowest BCUT2D eigenvalue weighted by Crippen LogP contribution is -2.16. The van der Waals surface area contributed by atoms with Gasteiger partial charge in [-0.05, 0) is 24.3 Å². The molecule has 2 rings (SSSR count). The van der Waals surface area contributed by atoms with Crippen molar-refractivity contribution in [3.05, 3.63) is 42.1 Å². The van der Waals surface area contributed by atoms with Gasteiger partial charge in [0.2, 0.25) is 5.95 Å². The van der Waals surface area contributed by atoms with Crippen LogP contribution in [0.25, 0.3) is 0 Å². The van der Waals surface area contributed by atoms with Crippen LogP contribution in [-0.2, 0) is 0 Å². The first kappa shape index (κ1) is 13.8. The number of carbonyl (C=O) groups excluding carboxylic acids is 1. The lowest BCUT2D eigenvalue weighted by Gasteiger charge is -2.12. The normalized spacial score (nSPS) is 9.95. The molecule has 0 spiro atoms. The van der Waals surface area contributed by atoms with Crippen molar-refractivity contribution < 1.29 is 9.53 Å². The Kier molecular flexibility index (Phi) is 4.14. The Morgan fingerprint density at radius 3 is 2.80 bits per heavy atom. The highest BCUT2D eigenvalue weighted by Gasteiger charge is 2.09. The van der Waals surface area contributed by atoms with E-state index in [1.165, 1.54) is 0 Å². The number of ether oxygens (including phenoxy) is 1. The van der Waals surface area contributed by atoms with Crippen LogP contribution < -0.4 is 15.0 Å². The van der Waals surface area contributed by atoms with Gasteiger partial charge < -0.3 is 9.64 Å². The molecular weight excluding hydrogens is 256 g/mol. The minimum Gasteiger partial charge on any atom is -0.497 e. The summed E-state index contributed by atoms with van der Waals surface area (Å²) < 4.78 is 5.09. The molecule has 0 aliphatic rings. The van der Waals surface area contributed by atoms with E-state index >= 15 is 0 Å². The molecule has 0 bridgehead atoms. The second-order valence-corrected chi connectivity index (χ2v) is 4.32. The predicted octanol–water partition coefficient (Wildman–Crippen LogP) is 1.80. The maximum Gasteiger partial charge on any atom is 0.258 e. The van der Waals surface area contributed by atoms with Crippen LogP contribution in [0.3, 0.4) is 0 Å². The van der Waals surface area contributed by atoms with Crippen molar-refractivity contribution in [1.82, 2.24) is 9.97 Å². The van der Waals surface area contributed by atoms with Crippen molar-refractivity contribution in [3.63, 3.8) is 0 Å². The Bertz CT molecular complexity index is 614. The van der Waals surface area contributed by atoms with E-state index in [-0.39, 0.29) is 11.9 Å². The molecule has 6 heteroatoms. The zero-order chi connectivity index (χ0) is 14.5. The first-order chi connectivity index (χ1) is 9.60. The molecule has 2 aromatic rings. The van der Waals surface area contributed by atoms with Gasteiger partial charge in [-0.2, -0.15) is 4.98 Å². The molecule has 0 unspecified atom stereocenters. The Morgan fingerprint density at radius 1 is 1.30 bits per heavy atom. The van der Waals surface area contributed by atoms with E-state index in [0.717, 1.165) is 5.82 Å². The Labute approximate surface area is 117 Å². The van der Waals surface area contributed by atoms with Gasteiger partial charge in [0.1, 0.15) is 11.6 Å². The summed E-state index contributed by atoms with van der Waals surface area (Å²) in [6.45, 7) is 0. The van der Waals surface area contributed by atoms with Gasteiger partial charge in [-0.25, -0.2) is 4.98 Å². The van der Waals surface area contributed by atoms with E-state index in [9.17, 15) is 4.79 Å². The van der Waals surface area contributed by atoms with Crippen molar-refractivity contribution in [2.24, 2.45) is 0 Å². The van der Waals surface area contributed by atoms with E-state index in [1.807, 2.05) is 19.0 Å². The fourth-order valence-electron chi connectivity index (χ4n) is 1.60. The molecule has 1 aromatic heterocycles. The summed E-state index contributed by atoms with van der Waals surface area (Å²) in [5, 5.41) is 2.66. The Morgan fingerprint density at radius 2 is 2.10 bits per heavy atom.